The Kier molecular flexibility index (Phi) is 6.54. The van der Waals surface area contributed by atoms with Gasteiger partial charge in [-0.05, 0) is 61.7 Å². The van der Waals surface area contributed by atoms with Gasteiger partial charge in [0.15, 0.2) is 0 Å². The van der Waals surface area contributed by atoms with Crippen LogP contribution in [0.2, 0.25) is 0 Å². The van der Waals surface area contributed by atoms with Crippen LogP contribution in [0.3, 0.4) is 0 Å². The third kappa shape index (κ3) is 5.10. The molecule has 0 fully saturated rings. The number of carbonyl (C=O) groups is 1. The van der Waals surface area contributed by atoms with Gasteiger partial charge in [0.05, 0.1) is 4.90 Å². The molecule has 172 valence electrons. The summed E-state index contributed by atoms with van der Waals surface area (Å²) in [6.45, 7) is 6.73. The van der Waals surface area contributed by atoms with Gasteiger partial charge in [-0.1, -0.05) is 42.0 Å². The maximum Gasteiger partial charge on any atom is 0.251 e. The van der Waals surface area contributed by atoms with Gasteiger partial charge in [-0.2, -0.15) is 4.31 Å². The van der Waals surface area contributed by atoms with Gasteiger partial charge in [0.25, 0.3) is 5.91 Å². The Morgan fingerprint density at radius 2 is 1.70 bits per heavy atom. The molecule has 4 rings (SSSR count). The molecule has 0 bridgehead atoms. The van der Waals surface area contributed by atoms with E-state index in [1.807, 2.05) is 50.2 Å². The molecule has 3 aromatic rings. The van der Waals surface area contributed by atoms with Crippen molar-refractivity contribution < 1.29 is 17.9 Å². The van der Waals surface area contributed by atoms with E-state index >= 15 is 0 Å². The summed E-state index contributed by atoms with van der Waals surface area (Å²) in [4.78, 5) is 13.1. The lowest BCUT2D eigenvalue weighted by Crippen LogP contribution is -2.33. The molecule has 0 radical (unpaired) electrons. The standard InChI is InChI=1S/C26H28N2O4S/c1-18-5-8-21(9-6-18)16-27-26(29)22-10-11-24-23(15-22)17-28(12-13-32-24)33(30,31)25-14-19(2)4-7-20(25)3/h4-11,14-15H,12-13,16-17H2,1-3H3,(H,27,29). The number of hydrogen-bond donors (Lipinski definition) is 1. The van der Waals surface area contributed by atoms with Crippen LogP contribution < -0.4 is 10.1 Å². The Morgan fingerprint density at radius 1 is 0.970 bits per heavy atom. The number of fused-ring (bicyclic) bond motifs is 1. The fourth-order valence-electron chi connectivity index (χ4n) is 3.83. The Balaban J connectivity index is 1.55. The van der Waals surface area contributed by atoms with Crippen LogP contribution in [0.25, 0.3) is 0 Å². The normalized spacial score (nSPS) is 14.2. The molecule has 1 aliphatic rings. The van der Waals surface area contributed by atoms with Gasteiger partial charge in [-0.15, -0.1) is 0 Å². The molecule has 6 nitrogen and oxygen atoms in total. The number of carbonyl (C=O) groups excluding carboxylic acids is 1. The Bertz CT molecular complexity index is 1280. The number of rotatable bonds is 5. The molecule has 7 heteroatoms. The summed E-state index contributed by atoms with van der Waals surface area (Å²) in [7, 11) is -3.71. The van der Waals surface area contributed by atoms with Crippen LogP contribution in [0.1, 0.15) is 38.2 Å². The van der Waals surface area contributed by atoms with E-state index in [9.17, 15) is 13.2 Å². The Labute approximate surface area is 195 Å². The van der Waals surface area contributed by atoms with Gasteiger partial charge in [-0.25, -0.2) is 8.42 Å². The smallest absolute Gasteiger partial charge is 0.251 e. The van der Waals surface area contributed by atoms with E-state index in [0.29, 0.717) is 33.9 Å². The number of hydrogen-bond acceptors (Lipinski definition) is 4. The zero-order chi connectivity index (χ0) is 23.6. The lowest BCUT2D eigenvalue weighted by atomic mass is 10.1. The molecule has 3 aromatic carbocycles. The molecule has 1 N–H and O–H groups in total. The summed E-state index contributed by atoms with van der Waals surface area (Å²) >= 11 is 0. The fourth-order valence-corrected chi connectivity index (χ4v) is 5.54. The Morgan fingerprint density at radius 3 is 2.45 bits per heavy atom. The predicted molar refractivity (Wildman–Crippen MR) is 128 cm³/mol. The van der Waals surface area contributed by atoms with Crippen molar-refractivity contribution in [1.82, 2.24) is 9.62 Å². The largest absolute Gasteiger partial charge is 0.492 e. The van der Waals surface area contributed by atoms with E-state index in [0.717, 1.165) is 16.7 Å². The lowest BCUT2D eigenvalue weighted by Gasteiger charge is -2.21. The molecular formula is C26H28N2O4S. The maximum atomic E-state index is 13.4. The number of aryl methyl sites for hydroxylation is 3. The highest BCUT2D eigenvalue weighted by Crippen LogP contribution is 2.29. The van der Waals surface area contributed by atoms with Crippen LogP contribution in [0.5, 0.6) is 5.75 Å². The monoisotopic (exact) mass is 464 g/mol. The van der Waals surface area contributed by atoms with Crippen LogP contribution in [0.15, 0.2) is 65.6 Å². The molecule has 33 heavy (non-hydrogen) atoms. The average molecular weight is 465 g/mol. The summed E-state index contributed by atoms with van der Waals surface area (Å²) in [6.07, 6.45) is 0. The van der Waals surface area contributed by atoms with Gasteiger partial charge in [-0.3, -0.25) is 4.79 Å². The molecule has 1 amide bonds. The quantitative estimate of drug-likeness (QED) is 0.616. The number of benzene rings is 3. The third-order valence-corrected chi connectivity index (χ3v) is 7.79. The number of sulfonamides is 1. The van der Waals surface area contributed by atoms with Crippen LogP contribution in [-0.2, 0) is 23.1 Å². The highest BCUT2D eigenvalue weighted by atomic mass is 32.2. The summed E-state index contributed by atoms with van der Waals surface area (Å²) in [5.41, 5.74) is 4.90. The molecule has 0 saturated carbocycles. The van der Waals surface area contributed by atoms with Crippen LogP contribution in [-0.4, -0.2) is 31.8 Å². The Hall–Kier alpha value is -3.16. The zero-order valence-electron chi connectivity index (χ0n) is 19.1. The highest BCUT2D eigenvalue weighted by Gasteiger charge is 2.29. The van der Waals surface area contributed by atoms with E-state index in [1.54, 1.807) is 31.2 Å². The zero-order valence-corrected chi connectivity index (χ0v) is 19.9. The van der Waals surface area contributed by atoms with Gasteiger partial charge in [0.2, 0.25) is 10.0 Å². The van der Waals surface area contributed by atoms with Crippen LogP contribution in [0, 0.1) is 20.8 Å². The molecule has 0 atom stereocenters. The van der Waals surface area contributed by atoms with Crippen molar-refractivity contribution in [3.8, 4) is 5.75 Å². The van der Waals surface area contributed by atoms with Gasteiger partial charge >= 0.3 is 0 Å². The number of nitrogens with one attached hydrogen (secondary N) is 1. The molecule has 0 aromatic heterocycles. The van der Waals surface area contributed by atoms with E-state index in [-0.39, 0.29) is 25.6 Å². The van der Waals surface area contributed by atoms with Crippen molar-refractivity contribution >= 4 is 15.9 Å². The SMILES string of the molecule is Cc1ccc(CNC(=O)c2ccc3c(c2)CN(S(=O)(=O)c2cc(C)ccc2C)CCO3)cc1. The van der Waals surface area contributed by atoms with Crippen LogP contribution in [0.4, 0.5) is 0 Å². The summed E-state index contributed by atoms with van der Waals surface area (Å²) in [5, 5.41) is 2.93. The summed E-state index contributed by atoms with van der Waals surface area (Å²) in [6, 6.07) is 18.6. The maximum absolute atomic E-state index is 13.4. The van der Waals surface area contributed by atoms with Gasteiger partial charge < -0.3 is 10.1 Å². The lowest BCUT2D eigenvalue weighted by molar-refractivity contribution is 0.0950. The molecule has 0 saturated heterocycles. The minimum absolute atomic E-state index is 0.143. The number of nitrogens with zero attached hydrogens (tertiary/aromatic N) is 1. The van der Waals surface area contributed by atoms with Crippen molar-refractivity contribution in [1.29, 1.82) is 0 Å². The van der Waals surface area contributed by atoms with Crippen molar-refractivity contribution in [2.24, 2.45) is 0 Å². The summed E-state index contributed by atoms with van der Waals surface area (Å²) < 4.78 is 34.1. The van der Waals surface area contributed by atoms with Crippen molar-refractivity contribution in [2.45, 2.75) is 38.8 Å². The summed E-state index contributed by atoms with van der Waals surface area (Å²) in [5.74, 6) is 0.385. The second-order valence-electron chi connectivity index (χ2n) is 8.45. The predicted octanol–water partition coefficient (Wildman–Crippen LogP) is 4.13. The molecule has 1 heterocycles. The minimum atomic E-state index is -3.71. The number of amides is 1. The van der Waals surface area contributed by atoms with Gasteiger partial charge in [0.1, 0.15) is 12.4 Å². The second kappa shape index (κ2) is 9.37. The first-order valence-corrected chi connectivity index (χ1v) is 12.3. The van der Waals surface area contributed by atoms with Crippen LogP contribution >= 0.6 is 0 Å². The van der Waals surface area contributed by atoms with E-state index in [1.165, 1.54) is 4.31 Å². The molecule has 0 unspecified atom stereocenters. The second-order valence-corrected chi connectivity index (χ2v) is 10.4. The average Bonchev–Trinajstić information content (AvgIpc) is 3.02. The topological polar surface area (TPSA) is 75.7 Å². The first-order valence-electron chi connectivity index (χ1n) is 10.9. The van der Waals surface area contributed by atoms with E-state index < -0.39 is 10.0 Å². The first kappa shape index (κ1) is 23.0. The van der Waals surface area contributed by atoms with E-state index in [4.69, 9.17) is 4.74 Å². The minimum Gasteiger partial charge on any atom is -0.492 e. The molecule has 0 spiro atoms. The number of ether oxygens (including phenoxy) is 1. The molecule has 1 aliphatic heterocycles. The first-order chi connectivity index (χ1) is 15.7. The highest BCUT2D eigenvalue weighted by molar-refractivity contribution is 7.89. The fraction of sp³-hybridized carbons (Fsp3) is 0.269. The van der Waals surface area contributed by atoms with Crippen molar-refractivity contribution in [2.75, 3.05) is 13.2 Å². The third-order valence-electron chi connectivity index (χ3n) is 5.80. The van der Waals surface area contributed by atoms with E-state index in [2.05, 4.69) is 5.32 Å². The molecule has 0 aliphatic carbocycles. The van der Waals surface area contributed by atoms with Crippen molar-refractivity contribution in [3.05, 3.63) is 94.0 Å². The van der Waals surface area contributed by atoms with Crippen molar-refractivity contribution in [3.63, 3.8) is 0 Å². The van der Waals surface area contributed by atoms with Gasteiger partial charge in [0, 0.05) is 30.8 Å². The molecular weight excluding hydrogens is 436 g/mol.